The Labute approximate surface area is 41.0 Å². The van der Waals surface area contributed by atoms with Crippen LogP contribution in [-0.4, -0.2) is 11.5 Å². The molecule has 0 atom stereocenters. The topological polar surface area (TPSA) is 0 Å². The molecular weight excluding hydrogens is 161 g/mol. The van der Waals surface area contributed by atoms with Gasteiger partial charge in [-0.05, 0) is 0 Å². The van der Waals surface area contributed by atoms with E-state index in [2.05, 4.69) is 22.4 Å². The van der Waals surface area contributed by atoms with Crippen LogP contribution in [0.5, 0.6) is 0 Å². The normalized spacial score (nSPS) is 5.50. The third-order valence-corrected chi connectivity index (χ3v) is 0.845. The Balaban J connectivity index is 2.55. The van der Waals surface area contributed by atoms with Gasteiger partial charge in [-0.2, -0.15) is 0 Å². The van der Waals surface area contributed by atoms with Crippen molar-refractivity contribution in [3.63, 3.8) is 0 Å². The molecule has 0 bridgehead atoms. The summed E-state index contributed by atoms with van der Waals surface area (Å²) in [5.74, 6) is 0. The fraction of sp³-hybridized carbons (Fsp3) is 1.00. The quantitative estimate of drug-likeness (QED) is 0.365. The van der Waals surface area contributed by atoms with Crippen molar-refractivity contribution in [1.29, 1.82) is 0 Å². The van der Waals surface area contributed by atoms with Crippen LogP contribution in [0.25, 0.3) is 0 Å². The fourth-order valence-electron chi connectivity index (χ4n) is 0. The molecule has 0 spiro atoms. The molecule has 0 aromatic heterocycles. The number of halogens is 1. The SMILES string of the molecule is CB=BI. The summed E-state index contributed by atoms with van der Waals surface area (Å²) in [6.45, 7) is 3.98. The minimum atomic E-state index is 1.97. The van der Waals surface area contributed by atoms with Crippen LogP contribution >= 0.6 is 22.4 Å². The summed E-state index contributed by atoms with van der Waals surface area (Å²) in [7, 11) is 0. The van der Waals surface area contributed by atoms with Crippen LogP contribution in [0.2, 0.25) is 6.82 Å². The molecule has 20 valence electrons. The number of hydrogen-bond donors (Lipinski definition) is 0. The van der Waals surface area contributed by atoms with Crippen molar-refractivity contribution in [2.24, 2.45) is 0 Å². The summed E-state index contributed by atoms with van der Waals surface area (Å²) in [5, 5.41) is 0. The van der Waals surface area contributed by atoms with E-state index in [0.717, 1.165) is 0 Å². The van der Waals surface area contributed by atoms with Gasteiger partial charge in [0.15, 0.2) is 0 Å². The molecule has 3 heteroatoms. The Morgan fingerprint density at radius 3 is 2.00 bits per heavy atom. The predicted octanol–water partition coefficient (Wildman–Crippen LogP) is 0.708. The standard InChI is InChI=1S/CH3B2I/c1-2-3-4/h1H3. The first-order valence-electron chi connectivity index (χ1n) is 1.13. The number of rotatable bonds is 0. The van der Waals surface area contributed by atoms with Crippen molar-refractivity contribution in [2.45, 2.75) is 6.82 Å². The zero-order valence-corrected chi connectivity index (χ0v) is 4.69. The average molecular weight is 164 g/mol. The summed E-state index contributed by atoms with van der Waals surface area (Å²) >= 11 is 2.17. The summed E-state index contributed by atoms with van der Waals surface area (Å²) in [6.07, 6.45) is 0. The van der Waals surface area contributed by atoms with Gasteiger partial charge in [0.2, 0.25) is 0 Å². The van der Waals surface area contributed by atoms with Gasteiger partial charge in [0.1, 0.15) is 0 Å². The summed E-state index contributed by atoms with van der Waals surface area (Å²) in [6, 6.07) is 0. The van der Waals surface area contributed by atoms with Gasteiger partial charge < -0.3 is 0 Å². The van der Waals surface area contributed by atoms with Crippen LogP contribution in [0, 0.1) is 0 Å². The van der Waals surface area contributed by atoms with Gasteiger partial charge in [-0.1, -0.05) is 0 Å². The molecule has 0 N–H and O–H groups in total. The molecule has 0 rings (SSSR count). The zero-order valence-electron chi connectivity index (χ0n) is 2.53. The van der Waals surface area contributed by atoms with Crippen LogP contribution < -0.4 is 0 Å². The number of hydrogen-bond acceptors (Lipinski definition) is 0. The third kappa shape index (κ3) is 2.86. The first-order valence-corrected chi connectivity index (χ1v) is 2.37. The average Bonchev–Trinajstić information content (AvgIpc) is 1.37. The van der Waals surface area contributed by atoms with Gasteiger partial charge in [-0.3, -0.25) is 0 Å². The van der Waals surface area contributed by atoms with Gasteiger partial charge in [0.05, 0.1) is 0 Å². The first-order chi connectivity index (χ1) is 1.91. The third-order valence-electron chi connectivity index (χ3n) is 0.126. The van der Waals surface area contributed by atoms with Crippen molar-refractivity contribution >= 4 is 33.8 Å². The van der Waals surface area contributed by atoms with Crippen LogP contribution in [0.15, 0.2) is 0 Å². The van der Waals surface area contributed by atoms with E-state index in [4.69, 9.17) is 0 Å². The molecule has 0 aliphatic carbocycles. The summed E-state index contributed by atoms with van der Waals surface area (Å²) in [5.41, 5.74) is 0. The van der Waals surface area contributed by atoms with E-state index >= 15 is 0 Å². The molecule has 0 amide bonds. The monoisotopic (exact) mass is 164 g/mol. The molecule has 0 aliphatic heterocycles. The van der Waals surface area contributed by atoms with Crippen LogP contribution in [0.1, 0.15) is 0 Å². The second-order valence-corrected chi connectivity index (χ2v) is 1.18. The van der Waals surface area contributed by atoms with Crippen LogP contribution in [0.3, 0.4) is 0 Å². The molecule has 0 radical (unpaired) electrons. The molecule has 0 saturated heterocycles. The van der Waals surface area contributed by atoms with E-state index in [-0.39, 0.29) is 0 Å². The zero-order chi connectivity index (χ0) is 3.41. The van der Waals surface area contributed by atoms with E-state index in [9.17, 15) is 0 Å². The van der Waals surface area contributed by atoms with Crippen molar-refractivity contribution in [3.8, 4) is 0 Å². The van der Waals surface area contributed by atoms with Gasteiger partial charge in [-0.25, -0.2) is 0 Å². The van der Waals surface area contributed by atoms with Gasteiger partial charge in [0, 0.05) is 0 Å². The molecule has 0 heterocycles. The van der Waals surface area contributed by atoms with Crippen LogP contribution in [-0.2, 0) is 0 Å². The van der Waals surface area contributed by atoms with E-state index in [1.54, 1.807) is 0 Å². The molecule has 0 unspecified atom stereocenters. The summed E-state index contributed by atoms with van der Waals surface area (Å²) in [4.78, 5) is 0. The van der Waals surface area contributed by atoms with Crippen molar-refractivity contribution in [2.75, 3.05) is 0 Å². The first kappa shape index (κ1) is 4.86. The fourth-order valence-corrected chi connectivity index (χ4v) is 0. The molecule has 0 nitrogen and oxygen atoms in total. The summed E-state index contributed by atoms with van der Waals surface area (Å²) < 4.78 is 1.97. The molecule has 4 heavy (non-hydrogen) atoms. The Kier molecular flexibility index (Phi) is 4.69. The maximum absolute atomic E-state index is 2.17. The maximum atomic E-state index is 2.17. The van der Waals surface area contributed by atoms with Crippen molar-refractivity contribution in [1.82, 2.24) is 0 Å². The molecule has 0 aromatic rings. The van der Waals surface area contributed by atoms with E-state index in [0.29, 0.717) is 0 Å². The van der Waals surface area contributed by atoms with Crippen LogP contribution in [0.4, 0.5) is 0 Å². The molecule has 0 aromatic carbocycles. The second kappa shape index (κ2) is 3.86. The Morgan fingerprint density at radius 1 is 1.75 bits per heavy atom. The molecule has 0 fully saturated rings. The van der Waals surface area contributed by atoms with Crippen molar-refractivity contribution < 1.29 is 0 Å². The van der Waals surface area contributed by atoms with Gasteiger partial charge >= 0.3 is 40.7 Å². The molecular formula is CH3B2I. The molecule has 0 saturated carbocycles. The van der Waals surface area contributed by atoms with E-state index in [1.165, 1.54) is 0 Å². The van der Waals surface area contributed by atoms with Gasteiger partial charge in [-0.15, -0.1) is 0 Å². The van der Waals surface area contributed by atoms with Gasteiger partial charge in [0.25, 0.3) is 0 Å². The minimum absolute atomic E-state index is 1.97. The Hall–Kier alpha value is 0.860. The Morgan fingerprint density at radius 2 is 2.00 bits per heavy atom. The second-order valence-electron chi connectivity index (χ2n) is 0.459. The van der Waals surface area contributed by atoms with E-state index < -0.39 is 0 Å². The Bertz CT molecular complexity index is 21.2. The van der Waals surface area contributed by atoms with Crippen molar-refractivity contribution in [3.05, 3.63) is 0 Å². The predicted molar refractivity (Wildman–Crippen MR) is 31.4 cm³/mol. The molecule has 0 aliphatic rings. The van der Waals surface area contributed by atoms with E-state index in [1.807, 2.05) is 18.3 Å².